The van der Waals surface area contributed by atoms with Crippen LogP contribution in [0, 0.1) is 0 Å². The van der Waals surface area contributed by atoms with Gasteiger partial charge < -0.3 is 10.0 Å². The van der Waals surface area contributed by atoms with Crippen LogP contribution in [0.4, 0.5) is 13.2 Å². The second-order valence-electron chi connectivity index (χ2n) is 7.38. The van der Waals surface area contributed by atoms with Crippen molar-refractivity contribution in [1.29, 1.82) is 0 Å². The van der Waals surface area contributed by atoms with Gasteiger partial charge in [-0.3, -0.25) is 14.5 Å². The molecule has 12 heteroatoms. The Kier molecular flexibility index (Phi) is 6.33. The van der Waals surface area contributed by atoms with Gasteiger partial charge in [0, 0.05) is 38.0 Å². The molecular weight excluding hydrogens is 471 g/mol. The number of nitrogens with zero attached hydrogens (tertiary/aromatic N) is 5. The van der Waals surface area contributed by atoms with Gasteiger partial charge in [0.25, 0.3) is 5.91 Å². The molecule has 0 fully saturated rings. The largest absolute Gasteiger partial charge is 0.490 e. The predicted octanol–water partition coefficient (Wildman–Crippen LogP) is 3.92. The maximum atomic E-state index is 13.1. The molecule has 4 aromatic rings. The Balaban J connectivity index is 0.000000344. The first-order valence-corrected chi connectivity index (χ1v) is 10.9. The highest BCUT2D eigenvalue weighted by Crippen LogP contribution is 2.31. The van der Waals surface area contributed by atoms with E-state index in [4.69, 9.17) is 9.90 Å². The smallest absolute Gasteiger partial charge is 0.475 e. The predicted molar refractivity (Wildman–Crippen MR) is 118 cm³/mol. The summed E-state index contributed by atoms with van der Waals surface area (Å²) in [5, 5.41) is 12.4. The number of carboxylic acids is 1. The van der Waals surface area contributed by atoms with Crippen LogP contribution in [0.5, 0.6) is 0 Å². The number of amides is 1. The van der Waals surface area contributed by atoms with Gasteiger partial charge >= 0.3 is 12.1 Å². The minimum absolute atomic E-state index is 0.0374. The molecule has 0 saturated carbocycles. The molecule has 1 N–H and O–H groups in total. The fraction of sp³-hybridized carbons (Fsp3) is 0.227. The Morgan fingerprint density at radius 3 is 2.56 bits per heavy atom. The first kappa shape index (κ1) is 23.4. The van der Waals surface area contributed by atoms with Gasteiger partial charge in [0.1, 0.15) is 0 Å². The Bertz CT molecular complexity index is 1330. The number of carboxylic acid groups (broad SMARTS) is 1. The molecule has 8 nitrogen and oxygen atoms in total. The van der Waals surface area contributed by atoms with E-state index in [1.807, 2.05) is 42.3 Å². The number of thiazole rings is 1. The monoisotopic (exact) mass is 489 g/mol. The normalized spacial score (nSPS) is 13.1. The van der Waals surface area contributed by atoms with E-state index in [1.165, 1.54) is 4.70 Å². The SMILES string of the molecule is Cn1nccc1-c1ccnc2c1C(=O)N(CCc1nc3ccccc3s1)C2.O=C(O)C(F)(F)F. The summed E-state index contributed by atoms with van der Waals surface area (Å²) in [6, 6.07) is 11.9. The molecule has 0 atom stereocenters. The van der Waals surface area contributed by atoms with Crippen LogP contribution in [-0.2, 0) is 24.8 Å². The second-order valence-corrected chi connectivity index (χ2v) is 8.49. The molecule has 0 bridgehead atoms. The van der Waals surface area contributed by atoms with Gasteiger partial charge in [-0.25, -0.2) is 9.78 Å². The number of pyridine rings is 1. The molecule has 34 heavy (non-hydrogen) atoms. The molecule has 0 saturated heterocycles. The Morgan fingerprint density at radius 2 is 1.91 bits per heavy atom. The zero-order chi connectivity index (χ0) is 24.5. The highest BCUT2D eigenvalue weighted by Gasteiger charge is 2.38. The summed E-state index contributed by atoms with van der Waals surface area (Å²) in [6.07, 6.45) is -0.821. The van der Waals surface area contributed by atoms with E-state index in [-0.39, 0.29) is 5.91 Å². The first-order chi connectivity index (χ1) is 16.1. The Hall–Kier alpha value is -3.80. The molecule has 0 aliphatic carbocycles. The van der Waals surface area contributed by atoms with E-state index in [0.29, 0.717) is 18.7 Å². The van der Waals surface area contributed by atoms with Crippen LogP contribution in [0.2, 0.25) is 0 Å². The maximum Gasteiger partial charge on any atom is 0.490 e. The number of hydrogen-bond donors (Lipinski definition) is 1. The van der Waals surface area contributed by atoms with E-state index in [9.17, 15) is 18.0 Å². The number of halogens is 3. The molecule has 0 unspecified atom stereocenters. The summed E-state index contributed by atoms with van der Waals surface area (Å²) in [5.74, 6) is -2.72. The summed E-state index contributed by atoms with van der Waals surface area (Å²) in [4.78, 5) is 32.9. The van der Waals surface area contributed by atoms with Gasteiger partial charge in [0.2, 0.25) is 0 Å². The molecule has 1 amide bonds. The minimum atomic E-state index is -5.08. The van der Waals surface area contributed by atoms with Crippen LogP contribution >= 0.6 is 11.3 Å². The Morgan fingerprint density at radius 1 is 1.18 bits per heavy atom. The number of rotatable bonds is 4. The van der Waals surface area contributed by atoms with Crippen LogP contribution in [-0.4, -0.2) is 54.4 Å². The van der Waals surface area contributed by atoms with Crippen molar-refractivity contribution in [3.63, 3.8) is 0 Å². The molecule has 1 aliphatic heterocycles. The molecule has 176 valence electrons. The highest BCUT2D eigenvalue weighted by atomic mass is 32.1. The van der Waals surface area contributed by atoms with Crippen molar-refractivity contribution < 1.29 is 27.9 Å². The third-order valence-corrected chi connectivity index (χ3v) is 6.24. The lowest BCUT2D eigenvalue weighted by Crippen LogP contribution is -2.26. The van der Waals surface area contributed by atoms with Crippen molar-refractivity contribution in [1.82, 2.24) is 24.6 Å². The number of carbonyl (C=O) groups excluding carboxylic acids is 1. The Labute approximate surface area is 195 Å². The number of benzene rings is 1. The van der Waals surface area contributed by atoms with E-state index in [1.54, 1.807) is 28.4 Å². The summed E-state index contributed by atoms with van der Waals surface area (Å²) in [6.45, 7) is 1.19. The number of para-hydroxylation sites is 1. The van der Waals surface area contributed by atoms with Crippen molar-refractivity contribution in [3.05, 3.63) is 65.1 Å². The van der Waals surface area contributed by atoms with Crippen molar-refractivity contribution in [3.8, 4) is 11.3 Å². The van der Waals surface area contributed by atoms with E-state index >= 15 is 0 Å². The average molecular weight is 489 g/mol. The lowest BCUT2D eigenvalue weighted by atomic mass is 10.1. The molecule has 4 heterocycles. The summed E-state index contributed by atoms with van der Waals surface area (Å²) < 4.78 is 34.7. The fourth-order valence-corrected chi connectivity index (χ4v) is 4.52. The molecule has 5 rings (SSSR count). The van der Waals surface area contributed by atoms with Gasteiger partial charge in [0.05, 0.1) is 38.7 Å². The fourth-order valence-electron chi connectivity index (χ4n) is 3.56. The maximum absolute atomic E-state index is 13.1. The molecule has 3 aromatic heterocycles. The molecular formula is C22H18F3N5O3S. The molecule has 1 aliphatic rings. The quantitative estimate of drug-likeness (QED) is 0.466. The standard InChI is InChI=1S/C20H17N5OS.C2HF3O2/c1-24-16(7-10-22-24)13-6-9-21-15-12-25(20(26)19(13)15)11-8-18-23-14-4-2-3-5-17(14)27-18;3-2(4,5)1(6)7/h2-7,9-10H,8,11-12H2,1H3;(H,6,7). The number of alkyl halides is 3. The molecule has 0 radical (unpaired) electrons. The van der Waals surface area contributed by atoms with Crippen molar-refractivity contribution in [2.24, 2.45) is 7.05 Å². The average Bonchev–Trinajstić information content (AvgIpc) is 3.48. The van der Waals surface area contributed by atoms with Crippen molar-refractivity contribution in [2.75, 3.05) is 6.54 Å². The zero-order valence-corrected chi connectivity index (χ0v) is 18.6. The van der Waals surface area contributed by atoms with Gasteiger partial charge in [-0.15, -0.1) is 11.3 Å². The lowest BCUT2D eigenvalue weighted by molar-refractivity contribution is -0.192. The zero-order valence-electron chi connectivity index (χ0n) is 17.8. The summed E-state index contributed by atoms with van der Waals surface area (Å²) >= 11 is 1.69. The number of hydrogen-bond acceptors (Lipinski definition) is 6. The summed E-state index contributed by atoms with van der Waals surface area (Å²) in [7, 11) is 1.88. The third kappa shape index (κ3) is 4.76. The van der Waals surface area contributed by atoms with E-state index in [2.05, 4.69) is 21.1 Å². The first-order valence-electron chi connectivity index (χ1n) is 10.0. The van der Waals surface area contributed by atoms with Crippen LogP contribution in [0.25, 0.3) is 21.5 Å². The summed E-state index contributed by atoms with van der Waals surface area (Å²) in [5.41, 5.74) is 4.38. The van der Waals surface area contributed by atoms with Crippen LogP contribution in [0.3, 0.4) is 0 Å². The highest BCUT2D eigenvalue weighted by molar-refractivity contribution is 7.18. The molecule has 0 spiro atoms. The van der Waals surface area contributed by atoms with E-state index in [0.717, 1.165) is 33.9 Å². The van der Waals surface area contributed by atoms with Crippen LogP contribution < -0.4 is 0 Å². The second kappa shape index (κ2) is 9.21. The lowest BCUT2D eigenvalue weighted by Gasteiger charge is -2.14. The van der Waals surface area contributed by atoms with Gasteiger partial charge in [-0.1, -0.05) is 12.1 Å². The number of aliphatic carboxylic acids is 1. The number of aryl methyl sites for hydroxylation is 1. The third-order valence-electron chi connectivity index (χ3n) is 5.14. The number of carbonyl (C=O) groups is 2. The number of aromatic nitrogens is 4. The van der Waals surface area contributed by atoms with Crippen LogP contribution in [0.15, 0.2) is 48.8 Å². The van der Waals surface area contributed by atoms with Gasteiger partial charge in [0.15, 0.2) is 0 Å². The topological polar surface area (TPSA) is 101 Å². The van der Waals surface area contributed by atoms with Gasteiger partial charge in [-0.2, -0.15) is 18.3 Å². The van der Waals surface area contributed by atoms with Crippen LogP contribution in [0.1, 0.15) is 21.1 Å². The van der Waals surface area contributed by atoms with Crippen molar-refractivity contribution in [2.45, 2.75) is 19.1 Å². The van der Waals surface area contributed by atoms with Crippen molar-refractivity contribution >= 4 is 33.4 Å². The van der Waals surface area contributed by atoms with E-state index < -0.39 is 12.1 Å². The molecule has 1 aromatic carbocycles. The van der Waals surface area contributed by atoms with Gasteiger partial charge in [-0.05, 0) is 24.3 Å². The minimum Gasteiger partial charge on any atom is -0.475 e. The number of fused-ring (bicyclic) bond motifs is 2.